The number of hydrazone groups is 1. The van der Waals surface area contributed by atoms with Crippen molar-refractivity contribution in [2.45, 2.75) is 40.0 Å². The molecule has 2 aromatic rings. The Morgan fingerprint density at radius 1 is 1.20 bits per heavy atom. The first-order valence-corrected chi connectivity index (χ1v) is 10.8. The summed E-state index contributed by atoms with van der Waals surface area (Å²) >= 11 is 3.49. The van der Waals surface area contributed by atoms with Gasteiger partial charge in [-0.3, -0.25) is 4.79 Å². The van der Waals surface area contributed by atoms with Crippen LogP contribution in [-0.2, 0) is 10.2 Å². The summed E-state index contributed by atoms with van der Waals surface area (Å²) in [5.74, 6) is 0.306. The highest BCUT2D eigenvalue weighted by molar-refractivity contribution is 9.10. The van der Waals surface area contributed by atoms with Crippen LogP contribution in [0.5, 0.6) is 11.5 Å². The van der Waals surface area contributed by atoms with Gasteiger partial charge in [-0.05, 0) is 65.0 Å². The van der Waals surface area contributed by atoms with E-state index in [9.17, 15) is 9.90 Å². The van der Waals surface area contributed by atoms with Crippen molar-refractivity contribution in [3.63, 3.8) is 0 Å². The van der Waals surface area contributed by atoms with E-state index in [0.717, 1.165) is 23.2 Å². The summed E-state index contributed by atoms with van der Waals surface area (Å²) in [7, 11) is 0. The van der Waals surface area contributed by atoms with Crippen molar-refractivity contribution in [2.24, 2.45) is 5.10 Å². The normalized spacial score (nSPS) is 11.5. The summed E-state index contributed by atoms with van der Waals surface area (Å²) < 4.78 is 6.37. The number of aromatic hydroxyl groups is 1. The molecule has 0 aromatic heterocycles. The fraction of sp³-hybridized carbons (Fsp3) is 0.391. The van der Waals surface area contributed by atoms with Gasteiger partial charge in [0.25, 0.3) is 5.91 Å². The molecule has 6 nitrogen and oxygen atoms in total. The minimum Gasteiger partial charge on any atom is -0.507 e. The number of phenolic OH excluding ortho intramolecular Hbond substituents is 1. The van der Waals surface area contributed by atoms with Gasteiger partial charge in [-0.25, -0.2) is 5.43 Å². The average molecular weight is 476 g/mol. The molecule has 1 amide bonds. The molecule has 162 valence electrons. The van der Waals surface area contributed by atoms with Gasteiger partial charge in [-0.15, -0.1) is 0 Å². The van der Waals surface area contributed by atoms with Gasteiger partial charge in [0.15, 0.2) is 6.61 Å². The van der Waals surface area contributed by atoms with Crippen LogP contribution in [0.3, 0.4) is 0 Å². The Morgan fingerprint density at radius 3 is 2.47 bits per heavy atom. The number of carbonyl (C=O) groups excluding carboxylic acids is 1. The molecule has 0 aliphatic rings. The zero-order chi connectivity index (χ0) is 22.3. The molecule has 0 aliphatic heterocycles. The SMILES string of the molecule is CCN(CC)c1ccc(/C=N/NC(=O)COc2ccc(C(C)(C)C)cc2Br)c(O)c1. The first-order chi connectivity index (χ1) is 14.2. The summed E-state index contributed by atoms with van der Waals surface area (Å²) in [6.45, 7) is 12.1. The Hall–Kier alpha value is -2.54. The number of carbonyl (C=O) groups is 1. The first kappa shape index (κ1) is 23.7. The number of halogens is 1. The third-order valence-corrected chi connectivity index (χ3v) is 5.31. The molecule has 0 radical (unpaired) electrons. The largest absolute Gasteiger partial charge is 0.507 e. The van der Waals surface area contributed by atoms with Gasteiger partial charge < -0.3 is 14.7 Å². The molecule has 0 saturated carbocycles. The summed E-state index contributed by atoms with van der Waals surface area (Å²) in [5.41, 5.74) is 5.07. The van der Waals surface area contributed by atoms with E-state index in [1.165, 1.54) is 11.8 Å². The fourth-order valence-corrected chi connectivity index (χ4v) is 3.35. The van der Waals surface area contributed by atoms with Crippen molar-refractivity contribution in [3.8, 4) is 11.5 Å². The number of hydrogen-bond acceptors (Lipinski definition) is 5. The highest BCUT2D eigenvalue weighted by atomic mass is 79.9. The molecule has 0 aliphatic carbocycles. The summed E-state index contributed by atoms with van der Waals surface area (Å²) in [6, 6.07) is 11.2. The zero-order valence-electron chi connectivity index (χ0n) is 18.2. The van der Waals surface area contributed by atoms with Crippen LogP contribution in [0, 0.1) is 0 Å². The van der Waals surface area contributed by atoms with E-state index in [4.69, 9.17) is 4.74 Å². The third-order valence-electron chi connectivity index (χ3n) is 4.69. The van der Waals surface area contributed by atoms with Crippen molar-refractivity contribution < 1.29 is 14.6 Å². The minimum atomic E-state index is -0.391. The van der Waals surface area contributed by atoms with Crippen LogP contribution in [0.4, 0.5) is 5.69 Å². The van der Waals surface area contributed by atoms with Gasteiger partial charge in [0.1, 0.15) is 11.5 Å². The number of rotatable bonds is 8. The predicted octanol–water partition coefficient (Wildman–Crippen LogP) is 4.83. The number of phenols is 1. The van der Waals surface area contributed by atoms with E-state index in [1.54, 1.807) is 12.1 Å². The minimum absolute atomic E-state index is 0.0300. The molecule has 0 fully saturated rings. The fourth-order valence-electron chi connectivity index (χ4n) is 2.86. The molecule has 2 N–H and O–H groups in total. The Labute approximate surface area is 187 Å². The van der Waals surface area contributed by atoms with Gasteiger partial charge in [0, 0.05) is 30.4 Å². The monoisotopic (exact) mass is 475 g/mol. The van der Waals surface area contributed by atoms with Crippen LogP contribution >= 0.6 is 15.9 Å². The van der Waals surface area contributed by atoms with Crippen molar-refractivity contribution in [3.05, 3.63) is 52.0 Å². The molecule has 0 saturated heterocycles. The van der Waals surface area contributed by atoms with E-state index < -0.39 is 5.91 Å². The third kappa shape index (κ3) is 6.49. The lowest BCUT2D eigenvalue weighted by Crippen LogP contribution is -2.24. The number of nitrogens with one attached hydrogen (secondary N) is 1. The highest BCUT2D eigenvalue weighted by Crippen LogP contribution is 2.31. The summed E-state index contributed by atoms with van der Waals surface area (Å²) in [4.78, 5) is 14.1. The quantitative estimate of drug-likeness (QED) is 0.423. The number of nitrogens with zero attached hydrogens (tertiary/aromatic N) is 2. The van der Waals surface area contributed by atoms with Crippen LogP contribution in [0.15, 0.2) is 46.0 Å². The van der Waals surface area contributed by atoms with Gasteiger partial charge >= 0.3 is 0 Å². The van der Waals surface area contributed by atoms with Crippen LogP contribution < -0.4 is 15.1 Å². The number of benzene rings is 2. The van der Waals surface area contributed by atoms with Gasteiger partial charge in [-0.2, -0.15) is 5.10 Å². The molecule has 0 atom stereocenters. The van der Waals surface area contributed by atoms with Crippen LogP contribution in [0.2, 0.25) is 0 Å². The number of ether oxygens (including phenoxy) is 1. The molecule has 2 aromatic carbocycles. The summed E-state index contributed by atoms with van der Waals surface area (Å²) in [5, 5.41) is 14.1. The van der Waals surface area contributed by atoms with E-state index in [-0.39, 0.29) is 17.8 Å². The average Bonchev–Trinajstić information content (AvgIpc) is 2.68. The van der Waals surface area contributed by atoms with Crippen LogP contribution in [0.25, 0.3) is 0 Å². The van der Waals surface area contributed by atoms with E-state index in [0.29, 0.717) is 11.3 Å². The second-order valence-corrected chi connectivity index (χ2v) is 8.75. The molecule has 0 spiro atoms. The van der Waals surface area contributed by atoms with Crippen molar-refractivity contribution >= 4 is 33.7 Å². The van der Waals surface area contributed by atoms with E-state index in [2.05, 4.69) is 66.0 Å². The number of hydrogen-bond donors (Lipinski definition) is 2. The lowest BCUT2D eigenvalue weighted by molar-refractivity contribution is -0.123. The first-order valence-electron chi connectivity index (χ1n) is 9.98. The molecule has 0 heterocycles. The zero-order valence-corrected chi connectivity index (χ0v) is 19.8. The maximum absolute atomic E-state index is 12.0. The molecular formula is C23H30BrN3O3. The van der Waals surface area contributed by atoms with Crippen LogP contribution in [-0.4, -0.2) is 36.9 Å². The molecule has 7 heteroatoms. The van der Waals surface area contributed by atoms with Crippen molar-refractivity contribution in [2.75, 3.05) is 24.6 Å². The number of amides is 1. The van der Waals surface area contributed by atoms with E-state index in [1.807, 2.05) is 24.3 Å². The maximum atomic E-state index is 12.0. The van der Waals surface area contributed by atoms with Gasteiger partial charge in [0.2, 0.25) is 0 Å². The molecule has 2 rings (SSSR count). The molecular weight excluding hydrogens is 446 g/mol. The van der Waals surface area contributed by atoms with E-state index >= 15 is 0 Å². The van der Waals surface area contributed by atoms with Crippen LogP contribution in [0.1, 0.15) is 45.7 Å². The number of anilines is 1. The molecule has 0 unspecified atom stereocenters. The Balaban J connectivity index is 1.91. The lowest BCUT2D eigenvalue weighted by atomic mass is 9.87. The highest BCUT2D eigenvalue weighted by Gasteiger charge is 2.15. The lowest BCUT2D eigenvalue weighted by Gasteiger charge is -2.21. The summed E-state index contributed by atoms with van der Waals surface area (Å²) in [6.07, 6.45) is 1.41. The standard InChI is InChI=1S/C23H30BrN3O3/c1-6-27(7-2)18-10-8-16(20(28)13-18)14-25-26-22(29)15-30-21-11-9-17(12-19(21)24)23(3,4)5/h8-14,28H,6-7,15H2,1-5H3,(H,26,29)/b25-14+. The van der Waals surface area contributed by atoms with Crippen molar-refractivity contribution in [1.29, 1.82) is 0 Å². The Bertz CT molecular complexity index is 903. The second-order valence-electron chi connectivity index (χ2n) is 7.89. The maximum Gasteiger partial charge on any atom is 0.277 e. The van der Waals surface area contributed by atoms with Crippen molar-refractivity contribution in [1.82, 2.24) is 5.43 Å². The second kappa shape index (κ2) is 10.5. The topological polar surface area (TPSA) is 74.2 Å². The Kier molecular flexibility index (Phi) is 8.29. The molecule has 0 bridgehead atoms. The van der Waals surface area contributed by atoms with Gasteiger partial charge in [0.05, 0.1) is 10.7 Å². The molecule has 30 heavy (non-hydrogen) atoms. The predicted molar refractivity (Wildman–Crippen MR) is 126 cm³/mol. The van der Waals surface area contributed by atoms with Gasteiger partial charge in [-0.1, -0.05) is 26.8 Å². The Morgan fingerprint density at radius 2 is 1.90 bits per heavy atom. The smallest absolute Gasteiger partial charge is 0.277 e.